The first-order valence-corrected chi connectivity index (χ1v) is 10.4. The molecule has 25 heavy (non-hydrogen) atoms. The number of anilines is 1. The second-order valence-electron chi connectivity index (χ2n) is 5.01. The number of nitrogens with one attached hydrogen (secondary N) is 2. The van der Waals surface area contributed by atoms with Gasteiger partial charge in [-0.1, -0.05) is 11.8 Å². The SMILES string of the molecule is O=C(Nc1ccc(S(=O)(=O)NC2=NCCS2)cc1)c1cncc(Br)c1. The highest BCUT2D eigenvalue weighted by molar-refractivity contribution is 9.10. The van der Waals surface area contributed by atoms with Crippen LogP contribution in [0.15, 0.2) is 57.1 Å². The fraction of sp³-hybridized carbons (Fsp3) is 0.133. The number of pyridine rings is 1. The monoisotopic (exact) mass is 440 g/mol. The number of hydrogen-bond donors (Lipinski definition) is 2. The molecule has 3 rings (SSSR count). The van der Waals surface area contributed by atoms with Crippen LogP contribution in [0.3, 0.4) is 0 Å². The van der Waals surface area contributed by atoms with Crippen molar-refractivity contribution in [2.24, 2.45) is 4.99 Å². The van der Waals surface area contributed by atoms with Crippen LogP contribution in [0.4, 0.5) is 5.69 Å². The molecule has 10 heteroatoms. The molecular formula is C15H13BrN4O3S2. The van der Waals surface area contributed by atoms with E-state index in [2.05, 4.69) is 35.9 Å². The van der Waals surface area contributed by atoms with E-state index >= 15 is 0 Å². The largest absolute Gasteiger partial charge is 0.322 e. The molecule has 1 aromatic heterocycles. The minimum absolute atomic E-state index is 0.102. The van der Waals surface area contributed by atoms with E-state index in [1.54, 1.807) is 12.3 Å². The number of hydrogen-bond acceptors (Lipinski definition) is 6. The predicted molar refractivity (Wildman–Crippen MR) is 101 cm³/mol. The highest BCUT2D eigenvalue weighted by Gasteiger charge is 2.18. The summed E-state index contributed by atoms with van der Waals surface area (Å²) in [5, 5.41) is 3.10. The van der Waals surface area contributed by atoms with E-state index in [9.17, 15) is 13.2 Å². The molecule has 2 aromatic rings. The van der Waals surface area contributed by atoms with Gasteiger partial charge in [0.15, 0.2) is 5.17 Å². The number of nitrogens with zero attached hydrogens (tertiary/aromatic N) is 2. The Morgan fingerprint density at radius 3 is 2.60 bits per heavy atom. The van der Waals surface area contributed by atoms with Gasteiger partial charge >= 0.3 is 0 Å². The number of sulfonamides is 1. The van der Waals surface area contributed by atoms with Gasteiger partial charge in [-0.25, -0.2) is 8.42 Å². The lowest BCUT2D eigenvalue weighted by Gasteiger charge is -2.09. The Labute approximate surface area is 157 Å². The molecule has 0 fully saturated rings. The first kappa shape index (κ1) is 17.9. The van der Waals surface area contributed by atoms with Gasteiger partial charge in [0, 0.05) is 28.3 Å². The molecule has 1 aliphatic rings. The van der Waals surface area contributed by atoms with Gasteiger partial charge in [-0.05, 0) is 46.3 Å². The molecule has 2 heterocycles. The number of amidine groups is 1. The van der Waals surface area contributed by atoms with Crippen LogP contribution in [0.1, 0.15) is 10.4 Å². The highest BCUT2D eigenvalue weighted by Crippen LogP contribution is 2.18. The van der Waals surface area contributed by atoms with Crippen LogP contribution in [-0.2, 0) is 10.0 Å². The zero-order chi connectivity index (χ0) is 17.9. The smallest absolute Gasteiger partial charge is 0.263 e. The normalized spacial score (nSPS) is 14.0. The molecule has 7 nitrogen and oxygen atoms in total. The number of carbonyl (C=O) groups is 1. The van der Waals surface area contributed by atoms with E-state index in [0.29, 0.717) is 27.4 Å². The molecule has 1 amide bonds. The zero-order valence-electron chi connectivity index (χ0n) is 12.8. The third kappa shape index (κ3) is 4.59. The summed E-state index contributed by atoms with van der Waals surface area (Å²) < 4.78 is 27.7. The molecule has 1 aliphatic heterocycles. The topological polar surface area (TPSA) is 101 Å². The summed E-state index contributed by atoms with van der Waals surface area (Å²) >= 11 is 4.62. The fourth-order valence-corrected chi connectivity index (χ4v) is 4.42. The maximum atomic E-state index is 12.3. The number of aliphatic imine (C=N–C) groups is 1. The van der Waals surface area contributed by atoms with Gasteiger partial charge in [0.25, 0.3) is 15.9 Å². The predicted octanol–water partition coefficient (Wildman–Crippen LogP) is 2.48. The fourth-order valence-electron chi connectivity index (χ4n) is 2.03. The van der Waals surface area contributed by atoms with Crippen molar-refractivity contribution in [1.82, 2.24) is 9.71 Å². The minimum atomic E-state index is -3.68. The minimum Gasteiger partial charge on any atom is -0.322 e. The zero-order valence-corrected chi connectivity index (χ0v) is 16.0. The van der Waals surface area contributed by atoms with Crippen LogP contribution >= 0.6 is 27.7 Å². The summed E-state index contributed by atoms with van der Waals surface area (Å²) in [6, 6.07) is 7.56. The molecule has 0 radical (unpaired) electrons. The van der Waals surface area contributed by atoms with Crippen molar-refractivity contribution in [2.75, 3.05) is 17.6 Å². The number of aromatic nitrogens is 1. The van der Waals surface area contributed by atoms with E-state index < -0.39 is 10.0 Å². The van der Waals surface area contributed by atoms with E-state index in [1.165, 1.54) is 42.2 Å². The number of benzene rings is 1. The Hall–Kier alpha value is -1.91. The molecule has 2 N–H and O–H groups in total. The Balaban J connectivity index is 1.70. The van der Waals surface area contributed by atoms with Crippen molar-refractivity contribution < 1.29 is 13.2 Å². The average molecular weight is 441 g/mol. The Bertz CT molecular complexity index is 930. The summed E-state index contributed by atoms with van der Waals surface area (Å²) in [7, 11) is -3.68. The lowest BCUT2D eigenvalue weighted by atomic mass is 10.2. The lowest BCUT2D eigenvalue weighted by molar-refractivity contribution is 0.102. The summed E-state index contributed by atoms with van der Waals surface area (Å²) in [5.41, 5.74) is 0.875. The number of carbonyl (C=O) groups excluding carboxylic acids is 1. The molecule has 130 valence electrons. The number of amides is 1. The summed E-state index contributed by atoms with van der Waals surface area (Å²) in [5.74, 6) is 0.437. The molecule has 0 aliphatic carbocycles. The quantitative estimate of drug-likeness (QED) is 0.760. The van der Waals surface area contributed by atoms with Crippen molar-refractivity contribution in [3.8, 4) is 0 Å². The van der Waals surface area contributed by atoms with Crippen molar-refractivity contribution in [3.05, 3.63) is 52.8 Å². The number of thioether (sulfide) groups is 1. The van der Waals surface area contributed by atoms with Crippen LogP contribution in [0.5, 0.6) is 0 Å². The molecular weight excluding hydrogens is 428 g/mol. The van der Waals surface area contributed by atoms with Crippen molar-refractivity contribution >= 4 is 54.5 Å². The van der Waals surface area contributed by atoms with Crippen molar-refractivity contribution in [1.29, 1.82) is 0 Å². The first-order valence-electron chi connectivity index (χ1n) is 7.16. The third-order valence-corrected chi connectivity index (χ3v) is 6.01. The summed E-state index contributed by atoms with van der Waals surface area (Å²) in [6.07, 6.45) is 3.03. The highest BCUT2D eigenvalue weighted by atomic mass is 79.9. The van der Waals surface area contributed by atoms with Gasteiger partial charge in [-0.3, -0.25) is 19.5 Å². The number of rotatable bonds is 4. The van der Waals surface area contributed by atoms with Gasteiger partial charge < -0.3 is 5.32 Å². The Morgan fingerprint density at radius 1 is 1.20 bits per heavy atom. The Morgan fingerprint density at radius 2 is 1.96 bits per heavy atom. The molecule has 0 spiro atoms. The molecule has 0 saturated heterocycles. The van der Waals surface area contributed by atoms with Crippen LogP contribution < -0.4 is 10.0 Å². The van der Waals surface area contributed by atoms with Gasteiger partial charge in [0.1, 0.15) is 0 Å². The lowest BCUT2D eigenvalue weighted by Crippen LogP contribution is -2.27. The first-order chi connectivity index (χ1) is 11.9. The van der Waals surface area contributed by atoms with Gasteiger partial charge in [-0.15, -0.1) is 0 Å². The molecule has 0 unspecified atom stereocenters. The third-order valence-electron chi connectivity index (χ3n) is 3.20. The second kappa shape index (κ2) is 7.54. The number of halogens is 1. The van der Waals surface area contributed by atoms with Crippen LogP contribution in [0.25, 0.3) is 0 Å². The molecule has 0 atom stereocenters. The second-order valence-corrected chi connectivity index (χ2v) is 8.69. The van der Waals surface area contributed by atoms with Gasteiger partial charge in [0.2, 0.25) is 0 Å². The van der Waals surface area contributed by atoms with Gasteiger partial charge in [0.05, 0.1) is 17.0 Å². The van der Waals surface area contributed by atoms with Crippen molar-refractivity contribution in [2.45, 2.75) is 4.90 Å². The summed E-state index contributed by atoms with van der Waals surface area (Å²) in [4.78, 5) is 20.3. The molecule has 1 aromatic carbocycles. The van der Waals surface area contributed by atoms with Crippen LogP contribution in [0.2, 0.25) is 0 Å². The van der Waals surface area contributed by atoms with Gasteiger partial charge in [-0.2, -0.15) is 0 Å². The standard InChI is InChI=1S/C15H13BrN4O3S2/c16-11-7-10(8-17-9-11)14(21)19-12-1-3-13(4-2-12)25(22,23)20-15-18-5-6-24-15/h1-4,7-9H,5-6H2,(H,18,20)(H,19,21). The summed E-state index contributed by atoms with van der Waals surface area (Å²) in [6.45, 7) is 0.609. The van der Waals surface area contributed by atoms with E-state index in [1.807, 2.05) is 0 Å². The van der Waals surface area contributed by atoms with E-state index in [4.69, 9.17) is 0 Å². The Kier molecular flexibility index (Phi) is 5.40. The average Bonchev–Trinajstić information content (AvgIpc) is 3.07. The van der Waals surface area contributed by atoms with Crippen LogP contribution in [0, 0.1) is 0 Å². The maximum absolute atomic E-state index is 12.3. The molecule has 0 saturated carbocycles. The van der Waals surface area contributed by atoms with Crippen LogP contribution in [-0.4, -0.2) is 36.8 Å². The van der Waals surface area contributed by atoms with Crippen molar-refractivity contribution in [3.63, 3.8) is 0 Å². The maximum Gasteiger partial charge on any atom is 0.263 e. The van der Waals surface area contributed by atoms with E-state index in [-0.39, 0.29) is 10.8 Å². The molecule has 0 bridgehead atoms. The van der Waals surface area contributed by atoms with E-state index in [0.717, 1.165) is 5.75 Å².